The van der Waals surface area contributed by atoms with Crippen LogP contribution in [0.25, 0.3) is 11.6 Å². The van der Waals surface area contributed by atoms with Gasteiger partial charge in [-0.1, -0.05) is 29.8 Å². The molecule has 0 radical (unpaired) electrons. The van der Waals surface area contributed by atoms with Crippen molar-refractivity contribution in [3.8, 4) is 17.6 Å². The molecule has 2 aromatic rings. The van der Waals surface area contributed by atoms with Crippen LogP contribution < -0.4 is 4.74 Å². The zero-order valence-electron chi connectivity index (χ0n) is 11.1. The lowest BCUT2D eigenvalue weighted by Crippen LogP contribution is -1.89. The van der Waals surface area contributed by atoms with Crippen molar-refractivity contribution in [1.29, 1.82) is 5.26 Å². The Labute approximate surface area is 141 Å². The van der Waals surface area contributed by atoms with Crippen LogP contribution in [-0.2, 0) is 0 Å². The third kappa shape index (κ3) is 3.49. The Morgan fingerprint density at radius 2 is 2.10 bits per heavy atom. The quantitative estimate of drug-likeness (QED) is 0.452. The van der Waals surface area contributed by atoms with E-state index in [-0.39, 0.29) is 5.75 Å². The van der Waals surface area contributed by atoms with Crippen molar-refractivity contribution < 1.29 is 9.84 Å². The standard InChI is InChI=1S/C16H11ClINO2/c1-21-15-8-10(7-14(18)16(15)20)6-11(9-19)12-4-2-3-5-13(12)17/h2-8,20H,1H3. The number of phenolic OH excluding ortho intramolecular Hbond substituents is 1. The van der Waals surface area contributed by atoms with Gasteiger partial charge in [0.2, 0.25) is 0 Å². The number of nitrogens with zero attached hydrogens (tertiary/aromatic N) is 1. The summed E-state index contributed by atoms with van der Waals surface area (Å²) < 4.78 is 5.77. The smallest absolute Gasteiger partial charge is 0.171 e. The highest BCUT2D eigenvalue weighted by molar-refractivity contribution is 14.1. The van der Waals surface area contributed by atoms with Gasteiger partial charge in [0.05, 0.1) is 22.3 Å². The minimum Gasteiger partial charge on any atom is -0.504 e. The third-order valence-electron chi connectivity index (χ3n) is 2.87. The predicted molar refractivity (Wildman–Crippen MR) is 92.3 cm³/mol. The molecular formula is C16H11ClINO2. The summed E-state index contributed by atoms with van der Waals surface area (Å²) in [5.41, 5.74) is 1.87. The average Bonchev–Trinajstić information content (AvgIpc) is 2.49. The van der Waals surface area contributed by atoms with Gasteiger partial charge in [-0.3, -0.25) is 0 Å². The first kappa shape index (κ1) is 15.7. The Bertz CT molecular complexity index is 750. The van der Waals surface area contributed by atoms with Gasteiger partial charge >= 0.3 is 0 Å². The van der Waals surface area contributed by atoms with Crippen molar-refractivity contribution in [2.75, 3.05) is 7.11 Å². The normalized spacial score (nSPS) is 11.0. The van der Waals surface area contributed by atoms with E-state index < -0.39 is 0 Å². The number of hydrogen-bond donors (Lipinski definition) is 1. The Hall–Kier alpha value is -1.71. The molecule has 106 valence electrons. The number of phenols is 1. The molecule has 0 aliphatic carbocycles. The van der Waals surface area contributed by atoms with Crippen molar-refractivity contribution in [3.63, 3.8) is 0 Å². The number of rotatable bonds is 3. The second-order valence-corrected chi connectivity index (χ2v) is 5.77. The molecule has 0 unspecified atom stereocenters. The summed E-state index contributed by atoms with van der Waals surface area (Å²) in [4.78, 5) is 0. The Balaban J connectivity index is 2.54. The zero-order chi connectivity index (χ0) is 15.4. The van der Waals surface area contributed by atoms with Gasteiger partial charge in [-0.25, -0.2) is 0 Å². The molecule has 2 aromatic carbocycles. The summed E-state index contributed by atoms with van der Waals surface area (Å²) in [5.74, 6) is 0.455. The van der Waals surface area contributed by atoms with Crippen molar-refractivity contribution in [2.24, 2.45) is 0 Å². The van der Waals surface area contributed by atoms with Gasteiger partial charge in [-0.15, -0.1) is 0 Å². The fraction of sp³-hybridized carbons (Fsp3) is 0.0625. The van der Waals surface area contributed by atoms with E-state index >= 15 is 0 Å². The summed E-state index contributed by atoms with van der Waals surface area (Å²) in [6.45, 7) is 0. The maximum absolute atomic E-state index is 9.84. The lowest BCUT2D eigenvalue weighted by atomic mass is 10.0. The van der Waals surface area contributed by atoms with Crippen LogP contribution in [0.4, 0.5) is 0 Å². The summed E-state index contributed by atoms with van der Waals surface area (Å²) in [6.07, 6.45) is 1.71. The van der Waals surface area contributed by atoms with Crippen molar-refractivity contribution in [2.45, 2.75) is 0 Å². The van der Waals surface area contributed by atoms with E-state index in [9.17, 15) is 10.4 Å². The zero-order valence-corrected chi connectivity index (χ0v) is 14.0. The lowest BCUT2D eigenvalue weighted by Gasteiger charge is -2.07. The average molecular weight is 412 g/mol. The Morgan fingerprint density at radius 3 is 2.71 bits per heavy atom. The molecule has 21 heavy (non-hydrogen) atoms. The molecule has 0 saturated heterocycles. The first-order valence-corrected chi connectivity index (χ1v) is 7.45. The van der Waals surface area contributed by atoms with E-state index in [1.54, 1.807) is 30.3 Å². The first-order chi connectivity index (χ1) is 10.1. The number of benzene rings is 2. The van der Waals surface area contributed by atoms with Crippen LogP contribution >= 0.6 is 34.2 Å². The Morgan fingerprint density at radius 1 is 1.38 bits per heavy atom. The molecule has 2 rings (SSSR count). The number of hydrogen-bond acceptors (Lipinski definition) is 3. The van der Waals surface area contributed by atoms with Gasteiger partial charge in [-0.2, -0.15) is 5.26 Å². The van der Waals surface area contributed by atoms with Gasteiger partial charge in [0.1, 0.15) is 0 Å². The van der Waals surface area contributed by atoms with Gasteiger partial charge in [-0.05, 0) is 52.4 Å². The van der Waals surface area contributed by atoms with Gasteiger partial charge in [0.25, 0.3) is 0 Å². The molecule has 0 aliphatic rings. The lowest BCUT2D eigenvalue weighted by molar-refractivity contribution is 0.371. The monoisotopic (exact) mass is 411 g/mol. The predicted octanol–water partition coefficient (Wildman–Crippen LogP) is 4.72. The Kier molecular flexibility index (Phi) is 5.10. The van der Waals surface area contributed by atoms with E-state index in [2.05, 4.69) is 6.07 Å². The molecule has 1 N–H and O–H groups in total. The van der Waals surface area contributed by atoms with Crippen molar-refractivity contribution in [1.82, 2.24) is 0 Å². The molecular weight excluding hydrogens is 401 g/mol. The van der Waals surface area contributed by atoms with E-state index in [4.69, 9.17) is 16.3 Å². The van der Waals surface area contributed by atoms with Gasteiger partial charge in [0.15, 0.2) is 11.5 Å². The fourth-order valence-corrected chi connectivity index (χ4v) is 2.71. The van der Waals surface area contributed by atoms with Crippen molar-refractivity contribution in [3.05, 3.63) is 56.1 Å². The van der Waals surface area contributed by atoms with Crippen molar-refractivity contribution >= 4 is 45.8 Å². The maximum atomic E-state index is 9.84. The minimum atomic E-state index is 0.0894. The second kappa shape index (κ2) is 6.83. The minimum absolute atomic E-state index is 0.0894. The van der Waals surface area contributed by atoms with E-state index in [1.807, 2.05) is 34.7 Å². The van der Waals surface area contributed by atoms with Gasteiger partial charge in [0, 0.05) is 10.6 Å². The molecule has 3 nitrogen and oxygen atoms in total. The molecule has 5 heteroatoms. The summed E-state index contributed by atoms with van der Waals surface area (Å²) in [5, 5.41) is 19.7. The largest absolute Gasteiger partial charge is 0.504 e. The second-order valence-electron chi connectivity index (χ2n) is 4.20. The molecule has 0 atom stereocenters. The van der Waals surface area contributed by atoms with Crippen LogP contribution in [0.1, 0.15) is 11.1 Å². The van der Waals surface area contributed by atoms with Crippen LogP contribution in [-0.4, -0.2) is 12.2 Å². The van der Waals surface area contributed by atoms with Crippen LogP contribution in [0.5, 0.6) is 11.5 Å². The number of nitriles is 1. The number of aromatic hydroxyl groups is 1. The highest BCUT2D eigenvalue weighted by atomic mass is 127. The molecule has 0 heterocycles. The third-order valence-corrected chi connectivity index (χ3v) is 4.02. The van der Waals surface area contributed by atoms with Crippen LogP contribution in [0.2, 0.25) is 5.02 Å². The maximum Gasteiger partial charge on any atom is 0.171 e. The summed E-state index contributed by atoms with van der Waals surface area (Å²) in [7, 11) is 1.48. The fourth-order valence-electron chi connectivity index (χ4n) is 1.85. The van der Waals surface area contributed by atoms with Gasteiger partial charge < -0.3 is 9.84 Å². The molecule has 0 amide bonds. The van der Waals surface area contributed by atoms with E-state index in [0.29, 0.717) is 25.5 Å². The SMILES string of the molecule is COc1cc(C=C(C#N)c2ccccc2Cl)cc(I)c1O. The topological polar surface area (TPSA) is 53.2 Å². The van der Waals surface area contributed by atoms with Crippen LogP contribution in [0.3, 0.4) is 0 Å². The van der Waals surface area contributed by atoms with Crippen LogP contribution in [0, 0.1) is 14.9 Å². The number of halogens is 2. The molecule has 0 saturated carbocycles. The highest BCUT2D eigenvalue weighted by Crippen LogP contribution is 2.34. The van der Waals surface area contributed by atoms with Crippen LogP contribution in [0.15, 0.2) is 36.4 Å². The molecule has 0 aliphatic heterocycles. The molecule has 0 bridgehead atoms. The molecule has 0 fully saturated rings. The number of ether oxygens (including phenoxy) is 1. The highest BCUT2D eigenvalue weighted by Gasteiger charge is 2.10. The molecule has 0 spiro atoms. The summed E-state index contributed by atoms with van der Waals surface area (Å²) >= 11 is 8.13. The van der Waals surface area contributed by atoms with E-state index in [0.717, 1.165) is 5.56 Å². The van der Waals surface area contributed by atoms with E-state index in [1.165, 1.54) is 7.11 Å². The molecule has 0 aromatic heterocycles. The summed E-state index contributed by atoms with van der Waals surface area (Å²) in [6, 6.07) is 12.8. The number of allylic oxidation sites excluding steroid dienone is 1. The number of methoxy groups -OCH3 is 1. The first-order valence-electron chi connectivity index (χ1n) is 6.00.